The fraction of sp³-hybridized carbons (Fsp3) is 0.222. The maximum absolute atomic E-state index is 10.8. The van der Waals surface area contributed by atoms with Gasteiger partial charge in [-0.25, -0.2) is 4.79 Å². The van der Waals surface area contributed by atoms with Gasteiger partial charge in [0.15, 0.2) is 0 Å². The van der Waals surface area contributed by atoms with E-state index in [1.807, 2.05) is 0 Å². The molecular formula is C9H11ClN2O2. The summed E-state index contributed by atoms with van der Waals surface area (Å²) in [6, 6.07) is 3.97. The van der Waals surface area contributed by atoms with Crippen molar-refractivity contribution < 1.29 is 9.90 Å². The first-order valence-electron chi connectivity index (χ1n) is 4.04. The number of benzene rings is 1. The summed E-state index contributed by atoms with van der Waals surface area (Å²) >= 11 is 5.73. The third-order valence-corrected chi connectivity index (χ3v) is 2.13. The van der Waals surface area contributed by atoms with Gasteiger partial charge in [-0.1, -0.05) is 11.6 Å². The summed E-state index contributed by atoms with van der Waals surface area (Å²) in [5.74, 6) is -1.03. The molecule has 0 spiro atoms. The largest absolute Gasteiger partial charge is 0.478 e. The molecule has 0 saturated carbocycles. The number of aromatic carboxylic acids is 1. The van der Waals surface area contributed by atoms with Crippen LogP contribution in [0.5, 0.6) is 0 Å². The first-order chi connectivity index (χ1) is 6.56. The minimum absolute atomic E-state index is 0.146. The first-order valence-corrected chi connectivity index (χ1v) is 4.42. The van der Waals surface area contributed by atoms with Gasteiger partial charge in [0.25, 0.3) is 0 Å². The number of rotatable bonds is 3. The summed E-state index contributed by atoms with van der Waals surface area (Å²) in [5, 5.41) is 9.31. The maximum atomic E-state index is 10.8. The van der Waals surface area contributed by atoms with Crippen LogP contribution in [0.2, 0.25) is 5.02 Å². The van der Waals surface area contributed by atoms with Crippen molar-refractivity contribution in [2.24, 2.45) is 11.5 Å². The lowest BCUT2D eigenvalue weighted by atomic mass is 10.0. The molecular weight excluding hydrogens is 204 g/mol. The lowest BCUT2D eigenvalue weighted by molar-refractivity contribution is 0.0695. The Balaban J connectivity index is 3.22. The molecule has 1 atom stereocenters. The molecule has 5 N–H and O–H groups in total. The molecule has 0 bridgehead atoms. The lowest BCUT2D eigenvalue weighted by Gasteiger charge is -2.12. The maximum Gasteiger partial charge on any atom is 0.336 e. The van der Waals surface area contributed by atoms with Gasteiger partial charge in [0.1, 0.15) is 0 Å². The normalized spacial score (nSPS) is 12.5. The summed E-state index contributed by atoms with van der Waals surface area (Å²) in [6.45, 7) is 0.181. The van der Waals surface area contributed by atoms with Gasteiger partial charge in [-0.3, -0.25) is 0 Å². The molecule has 1 rings (SSSR count). The predicted molar refractivity (Wildman–Crippen MR) is 54.4 cm³/mol. The molecule has 76 valence electrons. The number of carboxylic acid groups (broad SMARTS) is 1. The Bertz CT molecular complexity index is 355. The number of carboxylic acids is 1. The molecule has 0 aliphatic heterocycles. The van der Waals surface area contributed by atoms with Gasteiger partial charge in [-0.15, -0.1) is 0 Å². The Kier molecular flexibility index (Phi) is 3.46. The third kappa shape index (κ3) is 2.23. The Morgan fingerprint density at radius 1 is 1.57 bits per heavy atom. The van der Waals surface area contributed by atoms with Crippen molar-refractivity contribution in [2.75, 3.05) is 6.54 Å². The van der Waals surface area contributed by atoms with E-state index in [0.29, 0.717) is 10.6 Å². The number of carbonyl (C=O) groups is 1. The molecule has 0 amide bonds. The summed E-state index contributed by atoms with van der Waals surface area (Å²) in [7, 11) is 0. The minimum Gasteiger partial charge on any atom is -0.478 e. The van der Waals surface area contributed by atoms with Gasteiger partial charge in [0.2, 0.25) is 0 Å². The molecule has 0 heterocycles. The lowest BCUT2D eigenvalue weighted by Crippen LogP contribution is -2.23. The molecule has 1 aromatic rings. The van der Waals surface area contributed by atoms with Crippen molar-refractivity contribution >= 4 is 17.6 Å². The van der Waals surface area contributed by atoms with Gasteiger partial charge in [0, 0.05) is 17.6 Å². The highest BCUT2D eigenvalue weighted by molar-refractivity contribution is 6.30. The number of hydrogen-bond donors (Lipinski definition) is 3. The highest BCUT2D eigenvalue weighted by Crippen LogP contribution is 2.20. The molecule has 0 aromatic heterocycles. The van der Waals surface area contributed by atoms with Gasteiger partial charge < -0.3 is 16.6 Å². The number of nitrogens with two attached hydrogens (primary N) is 2. The highest BCUT2D eigenvalue weighted by atomic mass is 35.5. The van der Waals surface area contributed by atoms with Gasteiger partial charge >= 0.3 is 5.97 Å². The highest BCUT2D eigenvalue weighted by Gasteiger charge is 2.14. The van der Waals surface area contributed by atoms with Gasteiger partial charge in [-0.2, -0.15) is 0 Å². The molecule has 0 radical (unpaired) electrons. The zero-order valence-electron chi connectivity index (χ0n) is 7.40. The Labute approximate surface area is 86.5 Å². The molecule has 0 fully saturated rings. The van der Waals surface area contributed by atoms with E-state index >= 15 is 0 Å². The van der Waals surface area contributed by atoms with E-state index in [2.05, 4.69) is 0 Å². The monoisotopic (exact) mass is 214 g/mol. The van der Waals surface area contributed by atoms with Gasteiger partial charge in [0.05, 0.1) is 5.56 Å². The minimum atomic E-state index is -1.03. The van der Waals surface area contributed by atoms with E-state index in [0.717, 1.165) is 0 Å². The van der Waals surface area contributed by atoms with Crippen molar-refractivity contribution in [2.45, 2.75) is 6.04 Å². The van der Waals surface area contributed by atoms with E-state index < -0.39 is 12.0 Å². The first kappa shape index (κ1) is 11.0. The van der Waals surface area contributed by atoms with Crippen LogP contribution in [0.4, 0.5) is 0 Å². The fourth-order valence-electron chi connectivity index (χ4n) is 1.16. The smallest absolute Gasteiger partial charge is 0.336 e. The van der Waals surface area contributed by atoms with Crippen LogP contribution in [0.25, 0.3) is 0 Å². The van der Waals surface area contributed by atoms with Crippen LogP contribution in [0.3, 0.4) is 0 Å². The quantitative estimate of drug-likeness (QED) is 0.700. The topological polar surface area (TPSA) is 89.3 Å². The van der Waals surface area contributed by atoms with E-state index in [-0.39, 0.29) is 12.1 Å². The SMILES string of the molecule is NC[C@H](N)c1cc(Cl)ccc1C(=O)O. The predicted octanol–water partition coefficient (Wildman–Crippen LogP) is 0.997. The number of hydrogen-bond acceptors (Lipinski definition) is 3. The van der Waals surface area contributed by atoms with Crippen molar-refractivity contribution in [3.05, 3.63) is 34.3 Å². The van der Waals surface area contributed by atoms with E-state index in [9.17, 15) is 4.79 Å². The summed E-state index contributed by atoms with van der Waals surface area (Å²) in [6.07, 6.45) is 0. The number of halogens is 1. The molecule has 5 heteroatoms. The van der Waals surface area contributed by atoms with Crippen LogP contribution in [0.1, 0.15) is 22.0 Å². The van der Waals surface area contributed by atoms with Crippen molar-refractivity contribution in [1.29, 1.82) is 0 Å². The summed E-state index contributed by atoms with van der Waals surface area (Å²) in [4.78, 5) is 10.8. The molecule has 0 saturated heterocycles. The van der Waals surface area contributed by atoms with Crippen molar-refractivity contribution in [3.8, 4) is 0 Å². The van der Waals surface area contributed by atoms with Crippen LogP contribution in [0, 0.1) is 0 Å². The zero-order valence-corrected chi connectivity index (χ0v) is 8.16. The van der Waals surface area contributed by atoms with Crippen LogP contribution < -0.4 is 11.5 Å². The van der Waals surface area contributed by atoms with Crippen LogP contribution in [-0.4, -0.2) is 17.6 Å². The van der Waals surface area contributed by atoms with Crippen molar-refractivity contribution in [1.82, 2.24) is 0 Å². The second kappa shape index (κ2) is 4.41. The van der Waals surface area contributed by atoms with Crippen LogP contribution >= 0.6 is 11.6 Å². The Morgan fingerprint density at radius 3 is 2.71 bits per heavy atom. The summed E-state index contributed by atoms with van der Waals surface area (Å²) in [5.41, 5.74) is 11.6. The molecule has 0 unspecified atom stereocenters. The second-order valence-electron chi connectivity index (χ2n) is 2.88. The molecule has 14 heavy (non-hydrogen) atoms. The summed E-state index contributed by atoms with van der Waals surface area (Å²) < 4.78 is 0. The van der Waals surface area contributed by atoms with Crippen molar-refractivity contribution in [3.63, 3.8) is 0 Å². The van der Waals surface area contributed by atoms with E-state index in [1.54, 1.807) is 0 Å². The Hall–Kier alpha value is -1.10. The van der Waals surface area contributed by atoms with E-state index in [1.165, 1.54) is 18.2 Å². The fourth-order valence-corrected chi connectivity index (χ4v) is 1.34. The molecule has 1 aromatic carbocycles. The zero-order chi connectivity index (χ0) is 10.7. The third-order valence-electron chi connectivity index (χ3n) is 1.90. The van der Waals surface area contributed by atoms with E-state index in [4.69, 9.17) is 28.2 Å². The average Bonchev–Trinajstić information content (AvgIpc) is 2.16. The Morgan fingerprint density at radius 2 is 2.21 bits per heavy atom. The standard InChI is InChI=1S/C9H11ClN2O2/c10-5-1-2-6(9(13)14)7(3-5)8(12)4-11/h1-3,8H,4,11-12H2,(H,13,14)/t8-/m0/s1. The molecule has 0 aliphatic carbocycles. The average molecular weight is 215 g/mol. The van der Waals surface area contributed by atoms with Crippen LogP contribution in [-0.2, 0) is 0 Å². The van der Waals surface area contributed by atoms with Crippen LogP contribution in [0.15, 0.2) is 18.2 Å². The molecule has 4 nitrogen and oxygen atoms in total. The second-order valence-corrected chi connectivity index (χ2v) is 3.32. The van der Waals surface area contributed by atoms with Gasteiger partial charge in [-0.05, 0) is 23.8 Å². The molecule has 0 aliphatic rings.